The van der Waals surface area contributed by atoms with E-state index in [9.17, 15) is 19.2 Å². The fourth-order valence-electron chi connectivity index (χ4n) is 2.10. The Kier molecular flexibility index (Phi) is 4.93. The van der Waals surface area contributed by atoms with E-state index in [-0.39, 0.29) is 16.9 Å². The summed E-state index contributed by atoms with van der Waals surface area (Å²) in [4.78, 5) is 49.6. The van der Waals surface area contributed by atoms with E-state index in [1.165, 1.54) is 27.0 Å². The Morgan fingerprint density at radius 2 is 1.71 bits per heavy atom. The number of rotatable bonds is 4. The van der Waals surface area contributed by atoms with Crippen LogP contribution < -0.4 is 10.9 Å². The van der Waals surface area contributed by atoms with Crippen molar-refractivity contribution in [1.82, 2.24) is 4.98 Å². The lowest BCUT2D eigenvalue weighted by Crippen LogP contribution is -2.25. The zero-order valence-electron chi connectivity index (χ0n) is 13.4. The molecule has 2 rings (SSSR count). The van der Waals surface area contributed by atoms with Gasteiger partial charge in [0.2, 0.25) is 0 Å². The highest BCUT2D eigenvalue weighted by molar-refractivity contribution is 6.05. The van der Waals surface area contributed by atoms with E-state index in [4.69, 9.17) is 0 Å². The van der Waals surface area contributed by atoms with Crippen LogP contribution in [-0.2, 0) is 4.74 Å². The lowest BCUT2D eigenvalue weighted by molar-refractivity contribution is 0.0599. The summed E-state index contributed by atoms with van der Waals surface area (Å²) in [5.41, 5.74) is 0.525. The molecule has 0 atom stereocenters. The van der Waals surface area contributed by atoms with E-state index in [0.29, 0.717) is 16.9 Å². The van der Waals surface area contributed by atoms with E-state index >= 15 is 0 Å². The number of methoxy groups -OCH3 is 1. The maximum atomic E-state index is 12.3. The number of ketones is 1. The highest BCUT2D eigenvalue weighted by atomic mass is 16.5. The first-order valence-electron chi connectivity index (χ1n) is 7.08. The second-order valence-electron chi connectivity index (χ2n) is 5.13. The zero-order chi connectivity index (χ0) is 17.9. The molecule has 0 bridgehead atoms. The van der Waals surface area contributed by atoms with Gasteiger partial charge in [0.1, 0.15) is 5.56 Å². The van der Waals surface area contributed by atoms with Gasteiger partial charge in [0.05, 0.1) is 12.7 Å². The van der Waals surface area contributed by atoms with Crippen LogP contribution in [0.15, 0.2) is 35.1 Å². The molecule has 24 heavy (non-hydrogen) atoms. The predicted molar refractivity (Wildman–Crippen MR) is 87.5 cm³/mol. The van der Waals surface area contributed by atoms with Crippen LogP contribution in [0.5, 0.6) is 0 Å². The number of Topliss-reactive ketones (excluding diaryl/α,β-unsaturated/α-hetero) is 1. The summed E-state index contributed by atoms with van der Waals surface area (Å²) in [5.74, 6) is -1.41. The van der Waals surface area contributed by atoms with Crippen molar-refractivity contribution in [2.45, 2.75) is 13.8 Å². The standard InChI is InChI=1S/C17H16N2O5/c1-9-13(17(23)24-3)8-14(15(21)18-9)16(22)19-12-6-4-11(5-7-12)10(2)20/h4-8H,1-3H3,(H,18,21)(H,19,22). The molecule has 0 spiro atoms. The van der Waals surface area contributed by atoms with Crippen LogP contribution in [0.3, 0.4) is 0 Å². The Bertz CT molecular complexity index is 866. The molecule has 0 saturated carbocycles. The lowest BCUT2D eigenvalue weighted by Gasteiger charge is -2.08. The normalized spacial score (nSPS) is 10.1. The number of hydrogen-bond acceptors (Lipinski definition) is 5. The number of H-pyrrole nitrogens is 1. The van der Waals surface area contributed by atoms with Gasteiger partial charge in [-0.25, -0.2) is 4.79 Å². The molecule has 0 radical (unpaired) electrons. The fourth-order valence-corrected chi connectivity index (χ4v) is 2.10. The Hall–Kier alpha value is -3.22. The third kappa shape index (κ3) is 3.57. The Balaban J connectivity index is 2.31. The smallest absolute Gasteiger partial charge is 0.339 e. The summed E-state index contributed by atoms with van der Waals surface area (Å²) in [7, 11) is 1.21. The molecule has 0 saturated heterocycles. The van der Waals surface area contributed by atoms with E-state index < -0.39 is 17.4 Å². The van der Waals surface area contributed by atoms with Gasteiger partial charge in [0.15, 0.2) is 5.78 Å². The molecular formula is C17H16N2O5. The number of aryl methyl sites for hydroxylation is 1. The van der Waals surface area contributed by atoms with Gasteiger partial charge < -0.3 is 15.0 Å². The minimum absolute atomic E-state index is 0.0921. The van der Waals surface area contributed by atoms with Crippen molar-refractivity contribution in [3.8, 4) is 0 Å². The van der Waals surface area contributed by atoms with Crippen LogP contribution in [0.1, 0.15) is 43.7 Å². The van der Waals surface area contributed by atoms with Crippen molar-refractivity contribution in [2.24, 2.45) is 0 Å². The summed E-state index contributed by atoms with van der Waals surface area (Å²) in [5, 5.41) is 2.55. The first-order chi connectivity index (χ1) is 11.3. The maximum Gasteiger partial charge on any atom is 0.339 e. The van der Waals surface area contributed by atoms with Crippen molar-refractivity contribution in [3.05, 3.63) is 63.1 Å². The quantitative estimate of drug-likeness (QED) is 0.659. The molecule has 7 heteroatoms. The van der Waals surface area contributed by atoms with E-state index in [1.807, 2.05) is 0 Å². The Labute approximate surface area is 137 Å². The molecule has 2 N–H and O–H groups in total. The van der Waals surface area contributed by atoms with Crippen molar-refractivity contribution >= 4 is 23.3 Å². The number of pyridine rings is 1. The number of hydrogen-bond donors (Lipinski definition) is 2. The van der Waals surface area contributed by atoms with Crippen molar-refractivity contribution in [3.63, 3.8) is 0 Å². The van der Waals surface area contributed by atoms with Crippen LogP contribution in [0.4, 0.5) is 5.69 Å². The molecule has 1 heterocycles. The molecule has 124 valence electrons. The highest BCUT2D eigenvalue weighted by Gasteiger charge is 2.18. The topological polar surface area (TPSA) is 105 Å². The Morgan fingerprint density at radius 3 is 2.25 bits per heavy atom. The molecule has 0 fully saturated rings. The van der Waals surface area contributed by atoms with Gasteiger partial charge in [-0.3, -0.25) is 14.4 Å². The van der Waals surface area contributed by atoms with Gasteiger partial charge in [-0.15, -0.1) is 0 Å². The minimum atomic E-state index is -0.669. The van der Waals surface area contributed by atoms with Crippen LogP contribution >= 0.6 is 0 Å². The van der Waals surface area contributed by atoms with Crippen molar-refractivity contribution < 1.29 is 19.1 Å². The summed E-state index contributed by atoms with van der Waals surface area (Å²) >= 11 is 0. The third-order valence-corrected chi connectivity index (χ3v) is 3.44. The Morgan fingerprint density at radius 1 is 1.08 bits per heavy atom. The summed E-state index contributed by atoms with van der Waals surface area (Å²) < 4.78 is 4.62. The minimum Gasteiger partial charge on any atom is -0.465 e. The van der Waals surface area contributed by atoms with Gasteiger partial charge in [-0.2, -0.15) is 0 Å². The number of amides is 1. The van der Waals surface area contributed by atoms with Gasteiger partial charge in [0, 0.05) is 16.9 Å². The van der Waals surface area contributed by atoms with Gasteiger partial charge in [0.25, 0.3) is 11.5 Å². The summed E-state index contributed by atoms with van der Waals surface area (Å²) in [6.07, 6.45) is 0. The predicted octanol–water partition coefficient (Wildman–Crippen LogP) is 1.92. The van der Waals surface area contributed by atoms with Crippen LogP contribution in [-0.4, -0.2) is 29.8 Å². The number of anilines is 1. The lowest BCUT2D eigenvalue weighted by atomic mass is 10.1. The SMILES string of the molecule is COC(=O)c1cc(C(=O)Nc2ccc(C(C)=O)cc2)c(=O)[nH]c1C. The average molecular weight is 328 g/mol. The van der Waals surface area contributed by atoms with Gasteiger partial charge in [-0.1, -0.05) is 0 Å². The van der Waals surface area contributed by atoms with Crippen LogP contribution in [0.2, 0.25) is 0 Å². The van der Waals surface area contributed by atoms with Crippen molar-refractivity contribution in [2.75, 3.05) is 12.4 Å². The van der Waals surface area contributed by atoms with Crippen LogP contribution in [0.25, 0.3) is 0 Å². The zero-order valence-corrected chi connectivity index (χ0v) is 13.4. The first-order valence-corrected chi connectivity index (χ1v) is 7.08. The molecular weight excluding hydrogens is 312 g/mol. The number of esters is 1. The van der Waals surface area contributed by atoms with Gasteiger partial charge in [-0.05, 0) is 44.2 Å². The highest BCUT2D eigenvalue weighted by Crippen LogP contribution is 2.12. The number of aromatic amines is 1. The molecule has 1 aromatic heterocycles. The number of nitrogens with one attached hydrogen (secondary N) is 2. The third-order valence-electron chi connectivity index (χ3n) is 3.44. The molecule has 0 aliphatic carbocycles. The number of carbonyl (C=O) groups is 3. The maximum absolute atomic E-state index is 12.3. The number of aromatic nitrogens is 1. The first kappa shape index (κ1) is 17.1. The fraction of sp³-hybridized carbons (Fsp3) is 0.176. The largest absolute Gasteiger partial charge is 0.465 e. The number of ether oxygens (including phenoxy) is 1. The average Bonchev–Trinajstić information content (AvgIpc) is 2.54. The van der Waals surface area contributed by atoms with Crippen LogP contribution in [0, 0.1) is 6.92 Å². The number of benzene rings is 1. The van der Waals surface area contributed by atoms with E-state index in [0.717, 1.165) is 0 Å². The molecule has 0 aliphatic heterocycles. The van der Waals surface area contributed by atoms with E-state index in [1.54, 1.807) is 24.3 Å². The monoisotopic (exact) mass is 328 g/mol. The molecule has 1 aromatic carbocycles. The van der Waals surface area contributed by atoms with Gasteiger partial charge >= 0.3 is 5.97 Å². The summed E-state index contributed by atoms with van der Waals surface area (Å²) in [6.45, 7) is 2.98. The number of carbonyl (C=O) groups excluding carboxylic acids is 3. The second-order valence-corrected chi connectivity index (χ2v) is 5.13. The molecule has 7 nitrogen and oxygen atoms in total. The molecule has 1 amide bonds. The summed E-state index contributed by atoms with van der Waals surface area (Å²) in [6, 6.07) is 7.43. The second kappa shape index (κ2) is 6.91. The molecule has 2 aromatic rings. The van der Waals surface area contributed by atoms with E-state index in [2.05, 4.69) is 15.0 Å². The molecule has 0 unspecified atom stereocenters. The van der Waals surface area contributed by atoms with Crippen molar-refractivity contribution in [1.29, 1.82) is 0 Å². The molecule has 0 aliphatic rings.